The number of nitrogens with one attached hydrogen (secondary N) is 1. The van der Waals surface area contributed by atoms with Crippen molar-refractivity contribution in [1.29, 1.82) is 0 Å². The van der Waals surface area contributed by atoms with E-state index in [1.54, 1.807) is 16.1 Å². The molecule has 1 atom stereocenters. The van der Waals surface area contributed by atoms with Crippen molar-refractivity contribution >= 4 is 21.4 Å². The molecule has 0 unspecified atom stereocenters. The number of hydrogen-bond donors (Lipinski definition) is 1. The maximum Gasteiger partial charge on any atom is 0.254 e. The molecule has 0 amide bonds. The van der Waals surface area contributed by atoms with E-state index < -0.39 is 10.0 Å². The number of sulfonamides is 1. The molecule has 0 aromatic carbocycles. The molecule has 1 N–H and O–H groups in total. The molecular formula is C11H14N4O3S2. The van der Waals surface area contributed by atoms with Gasteiger partial charge in [0.2, 0.25) is 0 Å². The second kappa shape index (κ2) is 5.15. The van der Waals surface area contributed by atoms with Gasteiger partial charge in [0.25, 0.3) is 10.0 Å². The van der Waals surface area contributed by atoms with Crippen molar-refractivity contribution in [3.63, 3.8) is 0 Å². The van der Waals surface area contributed by atoms with Crippen LogP contribution in [0.1, 0.15) is 24.7 Å². The monoisotopic (exact) mass is 314 g/mol. The van der Waals surface area contributed by atoms with E-state index in [4.69, 9.17) is 4.74 Å². The summed E-state index contributed by atoms with van der Waals surface area (Å²) in [5.74, 6) is 1.02. The molecule has 0 radical (unpaired) electrons. The van der Waals surface area contributed by atoms with E-state index in [2.05, 4.69) is 14.8 Å². The number of rotatable bonds is 4. The van der Waals surface area contributed by atoms with Gasteiger partial charge in [-0.1, -0.05) is 0 Å². The van der Waals surface area contributed by atoms with Crippen LogP contribution in [-0.2, 0) is 16.6 Å². The zero-order valence-electron chi connectivity index (χ0n) is 10.8. The number of ether oxygens (including phenoxy) is 1. The Bertz CT molecular complexity index is 707. The second-order valence-electron chi connectivity index (χ2n) is 4.43. The smallest absolute Gasteiger partial charge is 0.254 e. The van der Waals surface area contributed by atoms with Gasteiger partial charge in [0.1, 0.15) is 17.9 Å². The van der Waals surface area contributed by atoms with Gasteiger partial charge in [0, 0.05) is 6.54 Å². The highest BCUT2D eigenvalue weighted by Crippen LogP contribution is 2.31. The predicted molar refractivity (Wildman–Crippen MR) is 73.2 cm³/mol. The molecule has 9 heteroatoms. The standard InChI is InChI=1S/C11H14N4O3S2/c1-18-9-4-6-19-11(9)20(16,17)14-8-3-2-5-15-10(8)12-7-13-15/h4,6-8,14H,2-3,5H2,1H3/t8-/m0/s1. The Kier molecular flexibility index (Phi) is 3.48. The van der Waals surface area contributed by atoms with Gasteiger partial charge < -0.3 is 4.74 Å². The Morgan fingerprint density at radius 3 is 3.20 bits per heavy atom. The largest absolute Gasteiger partial charge is 0.494 e. The highest BCUT2D eigenvalue weighted by molar-refractivity contribution is 7.91. The lowest BCUT2D eigenvalue weighted by atomic mass is 10.1. The van der Waals surface area contributed by atoms with Gasteiger partial charge in [-0.15, -0.1) is 11.3 Å². The zero-order chi connectivity index (χ0) is 14.2. The summed E-state index contributed by atoms with van der Waals surface area (Å²) in [5.41, 5.74) is 0. The van der Waals surface area contributed by atoms with Crippen LogP contribution < -0.4 is 9.46 Å². The lowest BCUT2D eigenvalue weighted by molar-refractivity contribution is 0.395. The van der Waals surface area contributed by atoms with Crippen molar-refractivity contribution in [3.05, 3.63) is 23.6 Å². The minimum absolute atomic E-state index is 0.191. The van der Waals surface area contributed by atoms with E-state index in [1.165, 1.54) is 13.4 Å². The lowest BCUT2D eigenvalue weighted by Crippen LogP contribution is -2.33. The second-order valence-corrected chi connectivity index (χ2v) is 7.26. The Labute approximate surface area is 120 Å². The van der Waals surface area contributed by atoms with Crippen LogP contribution in [0.5, 0.6) is 5.75 Å². The first-order chi connectivity index (χ1) is 9.62. The Hall–Kier alpha value is -1.45. The first-order valence-corrected chi connectivity index (χ1v) is 8.49. The van der Waals surface area contributed by atoms with Crippen molar-refractivity contribution in [2.24, 2.45) is 0 Å². The molecule has 0 saturated heterocycles. The van der Waals surface area contributed by atoms with Gasteiger partial charge in [-0.25, -0.2) is 18.1 Å². The average molecular weight is 314 g/mol. The zero-order valence-corrected chi connectivity index (χ0v) is 12.4. The molecule has 0 spiro atoms. The van der Waals surface area contributed by atoms with Crippen LogP contribution in [0.25, 0.3) is 0 Å². The minimum Gasteiger partial charge on any atom is -0.494 e. The molecule has 0 fully saturated rings. The highest BCUT2D eigenvalue weighted by Gasteiger charge is 2.30. The normalized spacial score (nSPS) is 18.8. The summed E-state index contributed by atoms with van der Waals surface area (Å²) in [4.78, 5) is 4.14. The van der Waals surface area contributed by atoms with Gasteiger partial charge >= 0.3 is 0 Å². The van der Waals surface area contributed by atoms with Gasteiger partial charge in [-0.2, -0.15) is 9.82 Å². The van der Waals surface area contributed by atoms with Crippen LogP contribution in [0, 0.1) is 0 Å². The van der Waals surface area contributed by atoms with Gasteiger partial charge in [-0.3, -0.25) is 0 Å². The van der Waals surface area contributed by atoms with Crippen LogP contribution in [0.2, 0.25) is 0 Å². The molecule has 7 nitrogen and oxygen atoms in total. The first kappa shape index (κ1) is 13.5. The third kappa shape index (κ3) is 2.32. The summed E-state index contributed by atoms with van der Waals surface area (Å²) < 4.78 is 34.6. The molecule has 0 bridgehead atoms. The number of nitrogens with zero attached hydrogens (tertiary/aromatic N) is 3. The molecule has 108 valence electrons. The third-order valence-electron chi connectivity index (χ3n) is 3.18. The number of thiophene rings is 1. The maximum atomic E-state index is 12.4. The fourth-order valence-electron chi connectivity index (χ4n) is 2.27. The Morgan fingerprint density at radius 1 is 1.55 bits per heavy atom. The average Bonchev–Trinajstić information content (AvgIpc) is 3.07. The van der Waals surface area contributed by atoms with Crippen LogP contribution in [0.4, 0.5) is 0 Å². The van der Waals surface area contributed by atoms with E-state index in [0.717, 1.165) is 24.3 Å². The molecule has 3 heterocycles. The summed E-state index contributed by atoms with van der Waals surface area (Å²) in [7, 11) is -2.16. The van der Waals surface area contributed by atoms with Crippen molar-refractivity contribution in [2.45, 2.75) is 29.6 Å². The van der Waals surface area contributed by atoms with Crippen LogP contribution in [0.3, 0.4) is 0 Å². The summed E-state index contributed by atoms with van der Waals surface area (Å²) in [6.45, 7) is 0.774. The van der Waals surface area contributed by atoms with Crippen LogP contribution in [0.15, 0.2) is 22.0 Å². The lowest BCUT2D eigenvalue weighted by Gasteiger charge is -2.22. The molecule has 2 aromatic rings. The first-order valence-electron chi connectivity index (χ1n) is 6.13. The molecular weight excluding hydrogens is 300 g/mol. The van der Waals surface area contributed by atoms with E-state index in [-0.39, 0.29) is 10.3 Å². The van der Waals surface area contributed by atoms with Crippen LogP contribution in [-0.4, -0.2) is 30.3 Å². The molecule has 0 saturated carbocycles. The van der Waals surface area contributed by atoms with Crippen molar-refractivity contribution < 1.29 is 13.2 Å². The van der Waals surface area contributed by atoms with Crippen LogP contribution >= 0.6 is 11.3 Å². The van der Waals surface area contributed by atoms with E-state index >= 15 is 0 Å². The number of aromatic nitrogens is 3. The molecule has 1 aliphatic heterocycles. The minimum atomic E-state index is -3.62. The third-order valence-corrected chi connectivity index (χ3v) is 6.10. The summed E-state index contributed by atoms with van der Waals surface area (Å²) in [6.07, 6.45) is 3.03. The number of methoxy groups -OCH3 is 1. The summed E-state index contributed by atoms with van der Waals surface area (Å²) in [6, 6.07) is 1.30. The molecule has 2 aromatic heterocycles. The Balaban J connectivity index is 1.89. The summed E-state index contributed by atoms with van der Waals surface area (Å²) in [5, 5.41) is 5.77. The van der Waals surface area contributed by atoms with Crippen molar-refractivity contribution in [1.82, 2.24) is 19.5 Å². The van der Waals surface area contributed by atoms with E-state index in [1.807, 2.05) is 0 Å². The van der Waals surface area contributed by atoms with Gasteiger partial charge in [0.05, 0.1) is 13.2 Å². The fraction of sp³-hybridized carbons (Fsp3) is 0.455. The number of fused-ring (bicyclic) bond motifs is 1. The molecule has 0 aliphatic carbocycles. The van der Waals surface area contributed by atoms with Crippen molar-refractivity contribution in [2.75, 3.05) is 7.11 Å². The molecule has 3 rings (SSSR count). The quantitative estimate of drug-likeness (QED) is 0.915. The van der Waals surface area contributed by atoms with E-state index in [9.17, 15) is 8.42 Å². The van der Waals surface area contributed by atoms with Gasteiger partial charge in [0.15, 0.2) is 4.21 Å². The number of hydrogen-bond acceptors (Lipinski definition) is 6. The van der Waals surface area contributed by atoms with Crippen molar-refractivity contribution in [3.8, 4) is 5.75 Å². The van der Waals surface area contributed by atoms with Gasteiger partial charge in [-0.05, 0) is 24.3 Å². The van der Waals surface area contributed by atoms with E-state index in [0.29, 0.717) is 18.0 Å². The SMILES string of the molecule is COc1ccsc1S(=O)(=O)N[C@H]1CCCn2ncnc21. The maximum absolute atomic E-state index is 12.4. The Morgan fingerprint density at radius 2 is 2.40 bits per heavy atom. The summed E-state index contributed by atoms with van der Waals surface area (Å²) >= 11 is 1.13. The highest BCUT2D eigenvalue weighted by atomic mass is 32.2. The number of aryl methyl sites for hydroxylation is 1. The predicted octanol–water partition coefficient (Wildman–Crippen LogP) is 1.16. The molecule has 1 aliphatic rings. The fourth-order valence-corrected chi connectivity index (χ4v) is 4.79. The topological polar surface area (TPSA) is 86.1 Å². The molecule has 20 heavy (non-hydrogen) atoms.